The van der Waals surface area contributed by atoms with Gasteiger partial charge in [0, 0.05) is 28.8 Å². The number of nitro benzene ring substituents is 1. The number of nitro groups is 1. The van der Waals surface area contributed by atoms with Gasteiger partial charge in [-0.05, 0) is 31.2 Å². The number of amides is 1. The van der Waals surface area contributed by atoms with Crippen molar-refractivity contribution in [3.05, 3.63) is 63.5 Å². The molecule has 0 radical (unpaired) electrons. The van der Waals surface area contributed by atoms with Gasteiger partial charge in [-0.1, -0.05) is 12.1 Å². The van der Waals surface area contributed by atoms with Crippen molar-refractivity contribution in [2.75, 3.05) is 5.32 Å². The lowest BCUT2D eigenvalue weighted by atomic mass is 10.2. The van der Waals surface area contributed by atoms with E-state index in [1.807, 2.05) is 35.8 Å². The third-order valence-electron chi connectivity index (χ3n) is 4.13. The molecule has 7 nitrogen and oxygen atoms in total. The highest BCUT2D eigenvalue weighted by Crippen LogP contribution is 2.29. The third kappa shape index (κ3) is 2.70. The molecule has 0 atom stereocenters. The van der Waals surface area contributed by atoms with Crippen LogP contribution >= 0.6 is 11.3 Å². The number of fused-ring (bicyclic) bond motifs is 2. The second kappa shape index (κ2) is 6.23. The second-order valence-electron chi connectivity index (χ2n) is 5.71. The molecule has 0 spiro atoms. The Bertz CT molecular complexity index is 1160. The number of carbonyl (C=O) groups excluding carboxylic acids is 1. The number of nitrogens with one attached hydrogen (secondary N) is 1. The Hall–Kier alpha value is -3.26. The first-order chi connectivity index (χ1) is 12.6. The van der Waals surface area contributed by atoms with Crippen LogP contribution in [0.25, 0.3) is 21.1 Å². The minimum Gasteiger partial charge on any atom is -0.310 e. The zero-order chi connectivity index (χ0) is 18.3. The van der Waals surface area contributed by atoms with Crippen molar-refractivity contribution in [2.24, 2.45) is 0 Å². The fraction of sp³-hybridized carbons (Fsp3) is 0.111. The largest absolute Gasteiger partial charge is 0.310 e. The van der Waals surface area contributed by atoms with Gasteiger partial charge in [-0.3, -0.25) is 20.2 Å². The van der Waals surface area contributed by atoms with Crippen LogP contribution in [0.2, 0.25) is 0 Å². The smallest absolute Gasteiger partial charge is 0.270 e. The maximum Gasteiger partial charge on any atom is 0.270 e. The van der Waals surface area contributed by atoms with Crippen molar-refractivity contribution in [1.29, 1.82) is 0 Å². The van der Waals surface area contributed by atoms with Crippen molar-refractivity contribution in [3.63, 3.8) is 0 Å². The number of benzene rings is 2. The van der Waals surface area contributed by atoms with Crippen LogP contribution in [0.5, 0.6) is 0 Å². The van der Waals surface area contributed by atoms with Crippen LogP contribution in [-0.2, 0) is 6.54 Å². The number of aryl methyl sites for hydroxylation is 1. The molecule has 2 aromatic heterocycles. The quantitative estimate of drug-likeness (QED) is 0.427. The molecule has 2 aromatic carbocycles. The number of non-ortho nitro benzene ring substituents is 1. The molecule has 130 valence electrons. The molecule has 0 aliphatic rings. The number of para-hydroxylation sites is 2. The minimum absolute atomic E-state index is 0.00929. The Morgan fingerprint density at radius 1 is 1.27 bits per heavy atom. The summed E-state index contributed by atoms with van der Waals surface area (Å²) in [6.07, 6.45) is 0. The van der Waals surface area contributed by atoms with Gasteiger partial charge in [0.05, 0.1) is 20.8 Å². The number of nitrogens with zero attached hydrogens (tertiary/aromatic N) is 3. The average Bonchev–Trinajstić information content (AvgIpc) is 3.21. The normalized spacial score (nSPS) is 11.1. The Balaban J connectivity index is 1.68. The maximum absolute atomic E-state index is 12.7. The average molecular weight is 366 g/mol. The van der Waals surface area contributed by atoms with E-state index < -0.39 is 4.92 Å². The van der Waals surface area contributed by atoms with Gasteiger partial charge < -0.3 is 4.57 Å². The summed E-state index contributed by atoms with van der Waals surface area (Å²) in [7, 11) is 0. The molecule has 0 bridgehead atoms. The van der Waals surface area contributed by atoms with Crippen LogP contribution in [0, 0.1) is 10.1 Å². The summed E-state index contributed by atoms with van der Waals surface area (Å²) in [5.74, 6) is 0.209. The van der Waals surface area contributed by atoms with E-state index >= 15 is 0 Å². The second-order valence-corrected chi connectivity index (χ2v) is 6.80. The maximum atomic E-state index is 12.7. The lowest BCUT2D eigenvalue weighted by Gasteiger charge is -2.06. The highest BCUT2D eigenvalue weighted by molar-refractivity contribution is 7.20. The molecule has 8 heteroatoms. The van der Waals surface area contributed by atoms with E-state index in [-0.39, 0.29) is 11.6 Å². The molecule has 0 unspecified atom stereocenters. The molecule has 0 fully saturated rings. The molecular formula is C18H14N4O3S. The summed E-state index contributed by atoms with van der Waals surface area (Å²) in [6, 6.07) is 13.9. The van der Waals surface area contributed by atoms with Gasteiger partial charge in [0.1, 0.15) is 0 Å². The summed E-state index contributed by atoms with van der Waals surface area (Å²) in [4.78, 5) is 28.1. The lowest BCUT2D eigenvalue weighted by Crippen LogP contribution is -2.14. The fourth-order valence-corrected chi connectivity index (χ4v) is 3.85. The van der Waals surface area contributed by atoms with Crippen LogP contribution in [0.1, 0.15) is 16.6 Å². The molecule has 0 aliphatic carbocycles. The number of thiophene rings is 1. The van der Waals surface area contributed by atoms with Crippen LogP contribution in [0.4, 0.5) is 11.6 Å². The summed E-state index contributed by atoms with van der Waals surface area (Å²) in [5.41, 5.74) is 1.78. The number of carbonyl (C=O) groups is 1. The SMILES string of the molecule is CCn1c(NC(=O)c2cc3cc([N+](=O)[O-])ccc3s2)nc2ccccc21. The Morgan fingerprint density at radius 2 is 2.08 bits per heavy atom. The van der Waals surface area contributed by atoms with Gasteiger partial charge in [-0.2, -0.15) is 0 Å². The fourth-order valence-electron chi connectivity index (χ4n) is 2.91. The van der Waals surface area contributed by atoms with Gasteiger partial charge in [-0.15, -0.1) is 11.3 Å². The molecule has 0 saturated heterocycles. The van der Waals surface area contributed by atoms with Gasteiger partial charge in [0.15, 0.2) is 0 Å². The number of anilines is 1. The van der Waals surface area contributed by atoms with Crippen LogP contribution in [0.15, 0.2) is 48.5 Å². The first kappa shape index (κ1) is 16.2. The number of aromatic nitrogens is 2. The van der Waals surface area contributed by atoms with Crippen molar-refractivity contribution < 1.29 is 9.72 Å². The van der Waals surface area contributed by atoms with Crippen LogP contribution < -0.4 is 5.32 Å². The number of rotatable bonds is 4. The van der Waals surface area contributed by atoms with Crippen molar-refractivity contribution in [1.82, 2.24) is 9.55 Å². The predicted molar refractivity (Wildman–Crippen MR) is 102 cm³/mol. The summed E-state index contributed by atoms with van der Waals surface area (Å²) >= 11 is 1.29. The monoisotopic (exact) mass is 366 g/mol. The summed E-state index contributed by atoms with van der Waals surface area (Å²) < 4.78 is 2.76. The first-order valence-corrected chi connectivity index (χ1v) is 8.83. The predicted octanol–water partition coefficient (Wildman–Crippen LogP) is 4.43. The van der Waals surface area contributed by atoms with Crippen molar-refractivity contribution in [2.45, 2.75) is 13.5 Å². The van der Waals surface area contributed by atoms with E-state index in [1.54, 1.807) is 12.1 Å². The highest BCUT2D eigenvalue weighted by atomic mass is 32.1. The van der Waals surface area contributed by atoms with Crippen LogP contribution in [0.3, 0.4) is 0 Å². The molecular weight excluding hydrogens is 352 g/mol. The summed E-state index contributed by atoms with van der Waals surface area (Å²) in [6.45, 7) is 2.66. The minimum atomic E-state index is -0.444. The molecule has 26 heavy (non-hydrogen) atoms. The number of hydrogen-bond donors (Lipinski definition) is 1. The molecule has 0 aliphatic heterocycles. The van der Waals surface area contributed by atoms with Gasteiger partial charge in [0.25, 0.3) is 11.6 Å². The zero-order valence-corrected chi connectivity index (χ0v) is 14.6. The van der Waals surface area contributed by atoms with Gasteiger partial charge in [-0.25, -0.2) is 4.98 Å². The number of imidazole rings is 1. The van der Waals surface area contributed by atoms with E-state index in [0.717, 1.165) is 15.7 Å². The van der Waals surface area contributed by atoms with E-state index in [9.17, 15) is 14.9 Å². The van der Waals surface area contributed by atoms with Crippen LogP contribution in [-0.4, -0.2) is 20.4 Å². The van der Waals surface area contributed by atoms with Crippen molar-refractivity contribution >= 4 is 50.0 Å². The van der Waals surface area contributed by atoms with E-state index in [0.29, 0.717) is 22.8 Å². The molecule has 0 saturated carbocycles. The van der Waals surface area contributed by atoms with Gasteiger partial charge in [0.2, 0.25) is 5.95 Å². The molecule has 4 rings (SSSR count). The molecule has 2 heterocycles. The first-order valence-electron chi connectivity index (χ1n) is 8.01. The highest BCUT2D eigenvalue weighted by Gasteiger charge is 2.16. The summed E-state index contributed by atoms with van der Waals surface area (Å²) in [5, 5.41) is 14.4. The molecule has 4 aromatic rings. The Morgan fingerprint density at radius 3 is 2.85 bits per heavy atom. The number of hydrogen-bond acceptors (Lipinski definition) is 5. The standard InChI is InChI=1S/C18H14N4O3S/c1-2-21-14-6-4-3-5-13(14)19-18(21)20-17(23)16-10-11-9-12(22(24)25)7-8-15(11)26-16/h3-10H,2H2,1H3,(H,19,20,23). The van der Waals surface area contributed by atoms with E-state index in [1.165, 1.54) is 23.5 Å². The zero-order valence-electron chi connectivity index (χ0n) is 13.8. The lowest BCUT2D eigenvalue weighted by molar-refractivity contribution is -0.384. The van der Waals surface area contributed by atoms with Crippen molar-refractivity contribution in [3.8, 4) is 0 Å². The topological polar surface area (TPSA) is 90.1 Å². The third-order valence-corrected chi connectivity index (χ3v) is 5.25. The van der Waals surface area contributed by atoms with E-state index in [2.05, 4.69) is 10.3 Å². The molecule has 1 amide bonds. The van der Waals surface area contributed by atoms with Gasteiger partial charge >= 0.3 is 0 Å². The Labute approximate surface area is 152 Å². The Kier molecular flexibility index (Phi) is 3.89. The van der Waals surface area contributed by atoms with E-state index in [4.69, 9.17) is 0 Å². The molecule has 1 N–H and O–H groups in total.